The predicted molar refractivity (Wildman–Crippen MR) is 120 cm³/mol. The lowest BCUT2D eigenvalue weighted by molar-refractivity contribution is -0.385. The van der Waals surface area contributed by atoms with Gasteiger partial charge in [0.25, 0.3) is 11.4 Å². The van der Waals surface area contributed by atoms with E-state index in [0.29, 0.717) is 20.4 Å². The molecule has 0 saturated carbocycles. The third kappa shape index (κ3) is 5.49. The Balaban J connectivity index is 1.70. The van der Waals surface area contributed by atoms with Crippen molar-refractivity contribution in [1.29, 1.82) is 0 Å². The monoisotopic (exact) mass is 533 g/mol. The number of nitro benzene ring substituents is 2. The van der Waals surface area contributed by atoms with E-state index in [1.807, 2.05) is 12.1 Å². The maximum Gasteiger partial charge on any atom is 0.269 e. The first kappa shape index (κ1) is 21.6. The van der Waals surface area contributed by atoms with Crippen molar-refractivity contribution in [1.82, 2.24) is 0 Å². The van der Waals surface area contributed by atoms with Crippen LogP contribution in [0.25, 0.3) is 0 Å². The van der Waals surface area contributed by atoms with Gasteiger partial charge in [0.05, 0.1) is 24.5 Å². The summed E-state index contributed by atoms with van der Waals surface area (Å²) in [5, 5.41) is 21.4. The van der Waals surface area contributed by atoms with Gasteiger partial charge in [-0.1, -0.05) is 0 Å². The van der Waals surface area contributed by atoms with Crippen LogP contribution in [0.4, 0.5) is 17.1 Å². The fourth-order valence-corrected chi connectivity index (χ4v) is 3.92. The zero-order valence-corrected chi connectivity index (χ0v) is 18.4. The van der Waals surface area contributed by atoms with Crippen molar-refractivity contribution >= 4 is 55.1 Å². The summed E-state index contributed by atoms with van der Waals surface area (Å²) in [7, 11) is 0. The second-order valence-electron chi connectivity index (χ2n) is 6.06. The van der Waals surface area contributed by atoms with Crippen LogP contribution in [-0.4, -0.2) is 16.1 Å². The molecule has 0 aromatic heterocycles. The van der Waals surface area contributed by atoms with Gasteiger partial charge in [0, 0.05) is 30.5 Å². The summed E-state index contributed by atoms with van der Waals surface area (Å²) < 4.78 is 7.23. The summed E-state index contributed by atoms with van der Waals surface area (Å²) in [6.07, 6.45) is 1.64. The number of halogens is 2. The van der Waals surface area contributed by atoms with Crippen molar-refractivity contribution in [2.24, 2.45) is 4.99 Å². The number of hydrogen-bond donors (Lipinski definition) is 0. The molecule has 30 heavy (non-hydrogen) atoms. The normalized spacial score (nSPS) is 10.9. The first-order chi connectivity index (χ1) is 14.3. The zero-order valence-electron chi connectivity index (χ0n) is 15.2. The number of rotatable bonds is 7. The van der Waals surface area contributed by atoms with E-state index in [2.05, 4.69) is 36.9 Å². The molecule has 0 atom stereocenters. The van der Waals surface area contributed by atoms with E-state index in [1.54, 1.807) is 30.5 Å². The Bertz CT molecular complexity index is 1090. The summed E-state index contributed by atoms with van der Waals surface area (Å²) in [4.78, 5) is 24.8. The molecule has 0 radical (unpaired) electrons. The average molecular weight is 535 g/mol. The van der Waals surface area contributed by atoms with Crippen LogP contribution in [0.1, 0.15) is 11.1 Å². The highest BCUT2D eigenvalue weighted by molar-refractivity contribution is 9.11. The molecule has 3 rings (SSSR count). The summed E-state index contributed by atoms with van der Waals surface area (Å²) >= 11 is 6.95. The van der Waals surface area contributed by atoms with Crippen LogP contribution in [-0.2, 0) is 6.61 Å². The minimum Gasteiger partial charge on any atom is -0.487 e. The van der Waals surface area contributed by atoms with E-state index in [0.717, 1.165) is 11.1 Å². The SMILES string of the molecule is O=[N+]([O-])c1ccc(COc2c(Br)cc(C=Nc3ccc([N+](=O)[O-])cc3)cc2Br)cc1. The van der Waals surface area contributed by atoms with Crippen molar-refractivity contribution in [3.63, 3.8) is 0 Å². The Morgan fingerprint density at radius 3 is 1.87 bits per heavy atom. The molecule has 8 nitrogen and oxygen atoms in total. The number of aliphatic imine (C=N–C) groups is 1. The van der Waals surface area contributed by atoms with Crippen LogP contribution in [0.5, 0.6) is 5.75 Å². The minimum absolute atomic E-state index is 0.00830. The highest BCUT2D eigenvalue weighted by Crippen LogP contribution is 2.35. The number of non-ortho nitro benzene ring substituents is 2. The van der Waals surface area contributed by atoms with Gasteiger partial charge >= 0.3 is 0 Å². The van der Waals surface area contributed by atoms with Gasteiger partial charge in [0.1, 0.15) is 12.4 Å². The molecule has 0 spiro atoms. The Morgan fingerprint density at radius 1 is 0.867 bits per heavy atom. The van der Waals surface area contributed by atoms with Crippen molar-refractivity contribution < 1.29 is 14.6 Å². The minimum atomic E-state index is -0.461. The smallest absolute Gasteiger partial charge is 0.269 e. The van der Waals surface area contributed by atoms with E-state index in [9.17, 15) is 20.2 Å². The van der Waals surface area contributed by atoms with Crippen LogP contribution in [0.3, 0.4) is 0 Å². The van der Waals surface area contributed by atoms with E-state index >= 15 is 0 Å². The molecular formula is C20H13Br2N3O5. The quantitative estimate of drug-likeness (QED) is 0.199. The van der Waals surface area contributed by atoms with E-state index in [-0.39, 0.29) is 18.0 Å². The van der Waals surface area contributed by atoms with Gasteiger partial charge in [-0.3, -0.25) is 25.2 Å². The number of benzene rings is 3. The number of nitrogens with zero attached hydrogens (tertiary/aromatic N) is 3. The molecule has 0 fully saturated rings. The second-order valence-corrected chi connectivity index (χ2v) is 7.77. The molecule has 3 aromatic carbocycles. The third-order valence-electron chi connectivity index (χ3n) is 3.97. The van der Waals surface area contributed by atoms with Crippen LogP contribution < -0.4 is 4.74 Å². The Labute approximate surface area is 187 Å². The standard InChI is InChI=1S/C20H13Br2N3O5/c21-18-9-14(11-23-15-3-7-17(8-4-15)25(28)29)10-19(22)20(18)30-12-13-1-5-16(6-2-13)24(26)27/h1-11H,12H2. The predicted octanol–water partition coefficient (Wildman–Crippen LogP) is 6.36. The summed E-state index contributed by atoms with van der Waals surface area (Å²) in [5.74, 6) is 0.584. The lowest BCUT2D eigenvalue weighted by Gasteiger charge is -2.11. The van der Waals surface area contributed by atoms with Gasteiger partial charge in [0.15, 0.2) is 0 Å². The molecule has 0 saturated heterocycles. The van der Waals surface area contributed by atoms with Crippen LogP contribution in [0.15, 0.2) is 74.6 Å². The molecule has 0 aliphatic carbocycles. The van der Waals surface area contributed by atoms with Crippen LogP contribution in [0, 0.1) is 20.2 Å². The lowest BCUT2D eigenvalue weighted by atomic mass is 10.2. The van der Waals surface area contributed by atoms with E-state index < -0.39 is 9.85 Å². The number of hydrogen-bond acceptors (Lipinski definition) is 6. The lowest BCUT2D eigenvalue weighted by Crippen LogP contribution is -1.98. The summed E-state index contributed by atoms with van der Waals surface area (Å²) in [6, 6.07) is 15.7. The highest BCUT2D eigenvalue weighted by Gasteiger charge is 2.10. The molecule has 0 aliphatic rings. The first-order valence-electron chi connectivity index (χ1n) is 8.47. The fourth-order valence-electron chi connectivity index (χ4n) is 2.47. The number of ether oxygens (including phenoxy) is 1. The Kier molecular flexibility index (Phi) is 6.91. The first-order valence-corrected chi connectivity index (χ1v) is 10.1. The van der Waals surface area contributed by atoms with Crippen molar-refractivity contribution in [2.45, 2.75) is 6.61 Å². The molecule has 152 valence electrons. The van der Waals surface area contributed by atoms with Gasteiger partial charge < -0.3 is 4.74 Å². The second kappa shape index (κ2) is 9.59. The van der Waals surface area contributed by atoms with Gasteiger partial charge in [0.2, 0.25) is 0 Å². The highest BCUT2D eigenvalue weighted by atomic mass is 79.9. The molecule has 0 unspecified atom stereocenters. The summed E-state index contributed by atoms with van der Waals surface area (Å²) in [5.41, 5.74) is 2.20. The van der Waals surface area contributed by atoms with Gasteiger partial charge in [-0.15, -0.1) is 0 Å². The molecule has 0 bridgehead atoms. The molecule has 0 heterocycles. The molecule has 0 aliphatic heterocycles. The van der Waals surface area contributed by atoms with Crippen molar-refractivity contribution in [3.05, 3.63) is 101 Å². The van der Waals surface area contributed by atoms with Crippen molar-refractivity contribution in [3.8, 4) is 5.75 Å². The zero-order chi connectivity index (χ0) is 21.7. The van der Waals surface area contributed by atoms with Crippen LogP contribution >= 0.6 is 31.9 Å². The fraction of sp³-hybridized carbons (Fsp3) is 0.0500. The maximum atomic E-state index is 10.7. The van der Waals surface area contributed by atoms with Crippen LogP contribution in [0.2, 0.25) is 0 Å². The third-order valence-corrected chi connectivity index (χ3v) is 5.15. The topological polar surface area (TPSA) is 108 Å². The Morgan fingerprint density at radius 2 is 1.37 bits per heavy atom. The number of nitro groups is 2. The van der Waals surface area contributed by atoms with E-state index in [4.69, 9.17) is 4.74 Å². The molecule has 10 heteroatoms. The average Bonchev–Trinajstić information content (AvgIpc) is 2.72. The maximum absolute atomic E-state index is 10.7. The van der Waals surface area contributed by atoms with Gasteiger partial charge in [-0.2, -0.15) is 0 Å². The van der Waals surface area contributed by atoms with Gasteiger partial charge in [-0.25, -0.2) is 0 Å². The van der Waals surface area contributed by atoms with E-state index in [1.165, 1.54) is 24.3 Å². The molecule has 0 amide bonds. The Hall–Kier alpha value is -3.11. The summed E-state index contributed by atoms with van der Waals surface area (Å²) in [6.45, 7) is 0.241. The molecule has 3 aromatic rings. The molecular weight excluding hydrogens is 522 g/mol. The molecule has 0 N–H and O–H groups in total. The largest absolute Gasteiger partial charge is 0.487 e. The van der Waals surface area contributed by atoms with Gasteiger partial charge in [-0.05, 0) is 79.4 Å². The van der Waals surface area contributed by atoms with Crippen molar-refractivity contribution in [2.75, 3.05) is 0 Å².